The molecule has 1 heterocycles. The first-order valence-electron chi connectivity index (χ1n) is 15.0. The second-order valence-corrected chi connectivity index (χ2v) is 16.2. The van der Waals surface area contributed by atoms with Crippen molar-refractivity contribution in [3.05, 3.63) is 59.2 Å². The fourth-order valence-electron chi connectivity index (χ4n) is 6.86. The van der Waals surface area contributed by atoms with Gasteiger partial charge in [-0.2, -0.15) is 0 Å². The monoisotopic (exact) mass is 672 g/mol. The number of rotatable bonds is 10. The minimum absolute atomic E-state index is 0. The molecule has 0 spiro atoms. The van der Waals surface area contributed by atoms with Crippen molar-refractivity contribution in [2.24, 2.45) is 5.41 Å². The number of hydrogen-bond acceptors (Lipinski definition) is 9. The maximum Gasteiger partial charge on any atom is 1.00 e. The number of methoxy groups -OCH3 is 2. The molecule has 45 heavy (non-hydrogen) atoms. The smallest absolute Gasteiger partial charge is 0.748 e. The molecule has 12 heteroatoms. The van der Waals surface area contributed by atoms with E-state index < -0.39 is 20.2 Å². The predicted molar refractivity (Wildman–Crippen MR) is 174 cm³/mol. The van der Waals surface area contributed by atoms with Crippen LogP contribution in [-0.2, 0) is 20.2 Å². The molecule has 0 saturated carbocycles. The van der Waals surface area contributed by atoms with Gasteiger partial charge in [0.2, 0.25) is 0 Å². The van der Waals surface area contributed by atoms with Crippen LogP contribution in [0.15, 0.2) is 42.5 Å². The van der Waals surface area contributed by atoms with Crippen molar-refractivity contribution in [1.82, 2.24) is 0 Å². The third kappa shape index (κ3) is 10.7. The molecule has 0 N–H and O–H groups in total. The second kappa shape index (κ2) is 15.5. The van der Waals surface area contributed by atoms with E-state index in [1.165, 1.54) is 22.3 Å². The van der Waals surface area contributed by atoms with Crippen LogP contribution in [0.4, 0.5) is 5.69 Å². The second-order valence-electron chi connectivity index (χ2n) is 13.2. The number of nitrogens with zero attached hydrogens (tertiary/aromatic N) is 1. The Morgan fingerprint density at radius 1 is 0.867 bits per heavy atom. The molecule has 1 aliphatic heterocycles. The van der Waals surface area contributed by atoms with E-state index in [2.05, 4.69) is 58.6 Å². The molecule has 0 fully saturated rings. The van der Waals surface area contributed by atoms with Gasteiger partial charge in [0.05, 0.1) is 34.5 Å². The standard InChI is InChI=1S/C17H24O4S.C16H25NO4S.Na/c1-12-11-17(2,3)16(6-5-9-22(18,19)20)15-10-13(21-4)7-8-14(12)15;1-12-11-16(2,3)17(8-5-9-22(18,19)20)15-10-13(21-4)6-7-14(12)15;/h7-8,10-11,16H,5-6,9H2,1-4H3,(H,18,19,20);6-7,10,12H,5,8-9,11H2,1-4H3,(H,18,19,20);/q;;+1/p-2. The largest absolute Gasteiger partial charge is 1.00 e. The molecule has 2 aromatic carbocycles. The van der Waals surface area contributed by atoms with E-state index in [4.69, 9.17) is 9.47 Å². The third-order valence-corrected chi connectivity index (χ3v) is 10.4. The Kier molecular flexibility index (Phi) is 13.7. The third-order valence-electron chi connectivity index (χ3n) is 8.80. The minimum atomic E-state index is -4.16. The molecular formula is C33H47NNaO8S2-. The summed E-state index contributed by atoms with van der Waals surface area (Å²) in [4.78, 5) is 2.20. The summed E-state index contributed by atoms with van der Waals surface area (Å²) in [6.07, 6.45) is 4.59. The number of fused-ring (bicyclic) bond motifs is 2. The topological polar surface area (TPSA) is 136 Å². The average Bonchev–Trinajstić information content (AvgIpc) is 2.90. The Bertz CT molecular complexity index is 1570. The van der Waals surface area contributed by atoms with E-state index in [1.54, 1.807) is 14.2 Å². The Morgan fingerprint density at radius 3 is 2.00 bits per heavy atom. The fraction of sp³-hybridized carbons (Fsp3) is 0.576. The first kappa shape index (κ1) is 39.6. The van der Waals surface area contributed by atoms with Gasteiger partial charge in [-0.05, 0) is 104 Å². The van der Waals surface area contributed by atoms with Gasteiger partial charge in [0.25, 0.3) is 0 Å². The van der Waals surface area contributed by atoms with Gasteiger partial charge in [-0.3, -0.25) is 0 Å². The van der Waals surface area contributed by atoms with Crippen molar-refractivity contribution < 1.29 is 65.0 Å². The summed E-state index contributed by atoms with van der Waals surface area (Å²) < 4.78 is 75.7. The average molecular weight is 673 g/mol. The van der Waals surface area contributed by atoms with E-state index in [0.29, 0.717) is 31.7 Å². The molecule has 9 nitrogen and oxygen atoms in total. The first-order valence-corrected chi connectivity index (χ1v) is 18.1. The molecule has 0 aromatic heterocycles. The number of allylic oxidation sites excluding steroid dienone is 2. The van der Waals surface area contributed by atoms with Crippen molar-refractivity contribution in [3.8, 4) is 11.5 Å². The summed E-state index contributed by atoms with van der Waals surface area (Å²) >= 11 is 0. The van der Waals surface area contributed by atoms with Gasteiger partial charge in [-0.15, -0.1) is 0 Å². The van der Waals surface area contributed by atoms with Gasteiger partial charge in [0, 0.05) is 35.3 Å². The van der Waals surface area contributed by atoms with Gasteiger partial charge in [0.1, 0.15) is 11.5 Å². The molecule has 2 aromatic rings. The fourth-order valence-corrected chi connectivity index (χ4v) is 7.87. The normalized spacial score (nSPS) is 20.0. The van der Waals surface area contributed by atoms with Gasteiger partial charge < -0.3 is 23.5 Å². The molecule has 2 aliphatic rings. The van der Waals surface area contributed by atoms with Crippen LogP contribution in [0.1, 0.15) is 95.8 Å². The van der Waals surface area contributed by atoms with Gasteiger partial charge in [-0.25, -0.2) is 16.8 Å². The molecule has 246 valence electrons. The minimum Gasteiger partial charge on any atom is -0.748 e. The Labute approximate surface area is 292 Å². The maximum absolute atomic E-state index is 10.8. The van der Waals surface area contributed by atoms with Crippen LogP contribution in [0.5, 0.6) is 11.5 Å². The van der Waals surface area contributed by atoms with E-state index >= 15 is 0 Å². The summed E-state index contributed by atoms with van der Waals surface area (Å²) in [6.45, 7) is 13.4. The first-order chi connectivity index (χ1) is 20.3. The number of ether oxygens (including phenoxy) is 2. The quantitative estimate of drug-likeness (QED) is 0.275. The molecule has 1 aliphatic carbocycles. The molecule has 2 unspecified atom stereocenters. The summed E-state index contributed by atoms with van der Waals surface area (Å²) in [7, 11) is -5.05. The van der Waals surface area contributed by atoms with Crippen molar-refractivity contribution in [1.29, 1.82) is 0 Å². The van der Waals surface area contributed by atoms with Crippen molar-refractivity contribution in [3.63, 3.8) is 0 Å². The molecule has 4 rings (SSSR count). The number of hydrogen-bond donors (Lipinski definition) is 0. The zero-order valence-corrected chi connectivity index (χ0v) is 31.8. The van der Waals surface area contributed by atoms with Crippen LogP contribution in [0.3, 0.4) is 0 Å². The molecular weight excluding hydrogens is 625 g/mol. The summed E-state index contributed by atoms with van der Waals surface area (Å²) in [5.41, 5.74) is 5.70. The summed E-state index contributed by atoms with van der Waals surface area (Å²) in [6, 6.07) is 12.0. The molecule has 0 saturated heterocycles. The van der Waals surface area contributed by atoms with Crippen molar-refractivity contribution in [2.45, 2.75) is 84.6 Å². The van der Waals surface area contributed by atoms with Gasteiger partial charge in [0.15, 0.2) is 0 Å². The zero-order valence-electron chi connectivity index (χ0n) is 28.2. The van der Waals surface area contributed by atoms with E-state index in [-0.39, 0.29) is 57.9 Å². The van der Waals surface area contributed by atoms with Crippen molar-refractivity contribution >= 4 is 31.5 Å². The van der Waals surface area contributed by atoms with Gasteiger partial charge in [-0.1, -0.05) is 39.0 Å². The number of anilines is 1. The Balaban J connectivity index is 0.000000307. The SMILES string of the molecule is COc1ccc2c(c1)C(CCCS(=O)(=O)[O-])C(C)(C)C=C2C.COc1ccc2c(c1)N(CCCS(=O)(=O)[O-])C(C)(C)CC2C.[Na+]. The molecule has 0 radical (unpaired) electrons. The van der Waals surface area contributed by atoms with E-state index in [9.17, 15) is 25.9 Å². The molecule has 0 bridgehead atoms. The zero-order chi connectivity index (χ0) is 33.1. The van der Waals surface area contributed by atoms with E-state index in [0.717, 1.165) is 23.6 Å². The van der Waals surface area contributed by atoms with Crippen LogP contribution < -0.4 is 43.9 Å². The van der Waals surface area contributed by atoms with Crippen molar-refractivity contribution in [2.75, 3.05) is 37.2 Å². The van der Waals surface area contributed by atoms with Crippen LogP contribution in [-0.4, -0.2) is 63.8 Å². The van der Waals surface area contributed by atoms with Crippen LogP contribution >= 0.6 is 0 Å². The van der Waals surface area contributed by atoms with Gasteiger partial charge >= 0.3 is 29.6 Å². The summed E-state index contributed by atoms with van der Waals surface area (Å²) in [5, 5.41) is 0. The van der Waals surface area contributed by atoms with E-state index in [1.807, 2.05) is 30.3 Å². The van der Waals surface area contributed by atoms with Crippen LogP contribution in [0.2, 0.25) is 0 Å². The molecule has 0 amide bonds. The number of benzene rings is 2. The Hall–Kier alpha value is -1.60. The Morgan fingerprint density at radius 2 is 1.42 bits per heavy atom. The van der Waals surface area contributed by atoms with Crippen LogP contribution in [0.25, 0.3) is 5.57 Å². The van der Waals surface area contributed by atoms with Crippen LogP contribution in [0, 0.1) is 5.41 Å². The summed E-state index contributed by atoms with van der Waals surface area (Å²) in [5.74, 6) is 1.55. The predicted octanol–water partition coefficient (Wildman–Crippen LogP) is 3.27. The maximum atomic E-state index is 10.8. The molecule has 2 atom stereocenters.